The van der Waals surface area contributed by atoms with E-state index in [9.17, 15) is 4.79 Å². The van der Waals surface area contributed by atoms with Gasteiger partial charge < -0.3 is 10.6 Å². The monoisotopic (exact) mass is 296 g/mol. The summed E-state index contributed by atoms with van der Waals surface area (Å²) in [4.78, 5) is 14.2. The third kappa shape index (κ3) is 4.22. The van der Waals surface area contributed by atoms with Gasteiger partial charge in [-0.2, -0.15) is 0 Å². The average molecular weight is 297 g/mol. The fourth-order valence-corrected chi connectivity index (χ4v) is 2.65. The van der Waals surface area contributed by atoms with Crippen LogP contribution in [-0.2, 0) is 4.79 Å². The first-order chi connectivity index (χ1) is 8.87. The van der Waals surface area contributed by atoms with E-state index in [4.69, 9.17) is 5.73 Å². The zero-order chi connectivity index (χ0) is 14.0. The van der Waals surface area contributed by atoms with Crippen molar-refractivity contribution in [3.8, 4) is 0 Å². The molecular formula is C16H25ClN2O. The van der Waals surface area contributed by atoms with Gasteiger partial charge in [-0.25, -0.2) is 0 Å². The Hall–Kier alpha value is -1.06. The normalized spacial score (nSPS) is 22.5. The number of carbonyl (C=O) groups is 1. The van der Waals surface area contributed by atoms with Crippen molar-refractivity contribution in [1.29, 1.82) is 0 Å². The second kappa shape index (κ2) is 6.59. The number of likely N-dealkylation sites (tertiary alicyclic amines) is 1. The molecule has 2 rings (SSSR count). The Morgan fingerprint density at radius 3 is 2.40 bits per heavy atom. The number of amides is 1. The molecule has 1 aliphatic rings. The maximum Gasteiger partial charge on any atom is 0.223 e. The number of rotatable bonds is 2. The van der Waals surface area contributed by atoms with Gasteiger partial charge in [0.05, 0.1) is 0 Å². The summed E-state index contributed by atoms with van der Waals surface area (Å²) in [6, 6.07) is 10.3. The van der Waals surface area contributed by atoms with Gasteiger partial charge in [-0.15, -0.1) is 12.4 Å². The summed E-state index contributed by atoms with van der Waals surface area (Å²) in [6.07, 6.45) is 0.585. The van der Waals surface area contributed by atoms with E-state index < -0.39 is 0 Å². The fraction of sp³-hybridized carbons (Fsp3) is 0.562. The molecule has 0 radical (unpaired) electrons. The minimum Gasteiger partial charge on any atom is -0.340 e. The molecule has 1 aliphatic heterocycles. The van der Waals surface area contributed by atoms with Crippen molar-refractivity contribution in [3.05, 3.63) is 35.9 Å². The van der Waals surface area contributed by atoms with Crippen molar-refractivity contribution in [2.75, 3.05) is 13.1 Å². The van der Waals surface area contributed by atoms with Gasteiger partial charge in [0.25, 0.3) is 0 Å². The summed E-state index contributed by atoms with van der Waals surface area (Å²) < 4.78 is 0. The van der Waals surface area contributed by atoms with Gasteiger partial charge in [0.2, 0.25) is 5.91 Å². The molecule has 0 saturated carbocycles. The lowest BCUT2D eigenvalue weighted by Crippen LogP contribution is -2.34. The van der Waals surface area contributed by atoms with Crippen molar-refractivity contribution in [2.45, 2.75) is 39.2 Å². The van der Waals surface area contributed by atoms with E-state index in [1.807, 2.05) is 23.1 Å². The molecule has 1 fully saturated rings. The van der Waals surface area contributed by atoms with Gasteiger partial charge >= 0.3 is 0 Å². The summed E-state index contributed by atoms with van der Waals surface area (Å²) in [7, 11) is 0. The van der Waals surface area contributed by atoms with Crippen LogP contribution in [0.3, 0.4) is 0 Å². The Labute approximate surface area is 127 Å². The summed E-state index contributed by atoms with van der Waals surface area (Å²) in [5.41, 5.74) is 7.48. The van der Waals surface area contributed by atoms with Crippen LogP contribution in [0.25, 0.3) is 0 Å². The highest BCUT2D eigenvalue weighted by Gasteiger charge is 2.34. The van der Waals surface area contributed by atoms with Gasteiger partial charge in [0.1, 0.15) is 0 Å². The van der Waals surface area contributed by atoms with Crippen molar-refractivity contribution in [3.63, 3.8) is 0 Å². The summed E-state index contributed by atoms with van der Waals surface area (Å²) in [6.45, 7) is 7.70. The Kier molecular flexibility index (Phi) is 5.60. The van der Waals surface area contributed by atoms with Gasteiger partial charge in [-0.3, -0.25) is 4.79 Å². The number of nitrogens with two attached hydrogens (primary N) is 1. The maximum atomic E-state index is 12.3. The predicted molar refractivity (Wildman–Crippen MR) is 85.1 cm³/mol. The van der Waals surface area contributed by atoms with E-state index in [1.54, 1.807) is 0 Å². The summed E-state index contributed by atoms with van der Waals surface area (Å²) in [5, 5.41) is 0. The zero-order valence-corrected chi connectivity index (χ0v) is 13.3. The number of halogens is 1. The minimum absolute atomic E-state index is 0. The van der Waals surface area contributed by atoms with Gasteiger partial charge in [0, 0.05) is 31.5 Å². The molecule has 0 aliphatic carbocycles. The standard InChI is InChI=1S/C16H24N2O.ClH/c1-16(2,3)9-15(19)18-10-13(14(17)11-18)12-7-5-4-6-8-12;/h4-8,13-14H,9-11,17H2,1-3H3;1H/t13-,14+;/m0./s1. The molecule has 20 heavy (non-hydrogen) atoms. The molecule has 0 aromatic heterocycles. The zero-order valence-electron chi connectivity index (χ0n) is 12.5. The Morgan fingerprint density at radius 2 is 1.85 bits per heavy atom. The van der Waals surface area contributed by atoms with Crippen molar-refractivity contribution >= 4 is 18.3 Å². The number of hydrogen-bond acceptors (Lipinski definition) is 2. The third-order valence-electron chi connectivity index (χ3n) is 3.63. The van der Waals surface area contributed by atoms with E-state index in [-0.39, 0.29) is 35.7 Å². The molecule has 3 nitrogen and oxygen atoms in total. The lowest BCUT2D eigenvalue weighted by molar-refractivity contribution is -0.132. The van der Waals surface area contributed by atoms with Crippen LogP contribution in [0.4, 0.5) is 0 Å². The highest BCUT2D eigenvalue weighted by Crippen LogP contribution is 2.28. The van der Waals surface area contributed by atoms with Crippen LogP contribution < -0.4 is 5.73 Å². The highest BCUT2D eigenvalue weighted by molar-refractivity contribution is 5.85. The van der Waals surface area contributed by atoms with Crippen molar-refractivity contribution in [1.82, 2.24) is 4.90 Å². The number of carbonyl (C=O) groups excluding carboxylic acids is 1. The summed E-state index contributed by atoms with van der Waals surface area (Å²) in [5.74, 6) is 0.492. The van der Waals surface area contributed by atoms with E-state index >= 15 is 0 Å². The molecule has 0 bridgehead atoms. The second-order valence-corrected chi connectivity index (χ2v) is 6.72. The lowest BCUT2D eigenvalue weighted by atomic mass is 9.91. The predicted octanol–water partition coefficient (Wildman–Crippen LogP) is 2.80. The fourth-order valence-electron chi connectivity index (χ4n) is 2.65. The topological polar surface area (TPSA) is 46.3 Å². The van der Waals surface area contributed by atoms with E-state index in [0.717, 1.165) is 6.54 Å². The van der Waals surface area contributed by atoms with Crippen LogP contribution >= 0.6 is 12.4 Å². The van der Waals surface area contributed by atoms with Crippen molar-refractivity contribution in [2.24, 2.45) is 11.1 Å². The molecule has 112 valence electrons. The number of benzene rings is 1. The molecule has 1 aromatic rings. The molecule has 1 saturated heterocycles. The first kappa shape index (κ1) is 17.0. The SMILES string of the molecule is CC(C)(C)CC(=O)N1C[C@@H](N)[C@H](c2ccccc2)C1.Cl. The molecule has 1 aromatic carbocycles. The smallest absolute Gasteiger partial charge is 0.223 e. The number of hydrogen-bond donors (Lipinski definition) is 1. The molecule has 2 atom stereocenters. The van der Waals surface area contributed by atoms with Gasteiger partial charge in [0.15, 0.2) is 0 Å². The second-order valence-electron chi connectivity index (χ2n) is 6.72. The number of nitrogens with zero attached hydrogens (tertiary/aromatic N) is 1. The molecule has 2 N–H and O–H groups in total. The Bertz CT molecular complexity index is 442. The first-order valence-corrected chi connectivity index (χ1v) is 6.95. The first-order valence-electron chi connectivity index (χ1n) is 6.95. The molecule has 4 heteroatoms. The van der Waals surface area contributed by atoms with Crippen LogP contribution in [-0.4, -0.2) is 29.9 Å². The lowest BCUT2D eigenvalue weighted by Gasteiger charge is -2.23. The molecule has 1 heterocycles. The van der Waals surface area contributed by atoms with Gasteiger partial charge in [-0.1, -0.05) is 51.1 Å². The van der Waals surface area contributed by atoms with E-state index in [0.29, 0.717) is 13.0 Å². The largest absolute Gasteiger partial charge is 0.340 e. The Morgan fingerprint density at radius 1 is 1.25 bits per heavy atom. The van der Waals surface area contributed by atoms with E-state index in [2.05, 4.69) is 32.9 Å². The molecular weight excluding hydrogens is 272 g/mol. The molecule has 1 amide bonds. The quantitative estimate of drug-likeness (QED) is 0.912. The third-order valence-corrected chi connectivity index (χ3v) is 3.63. The minimum atomic E-state index is 0. The Balaban J connectivity index is 0.00000200. The van der Waals surface area contributed by atoms with E-state index in [1.165, 1.54) is 5.56 Å². The van der Waals surface area contributed by atoms with Crippen LogP contribution in [0.15, 0.2) is 30.3 Å². The van der Waals surface area contributed by atoms with Crippen LogP contribution in [0.2, 0.25) is 0 Å². The average Bonchev–Trinajstić information content (AvgIpc) is 2.70. The van der Waals surface area contributed by atoms with Crippen LogP contribution in [0, 0.1) is 5.41 Å². The maximum absolute atomic E-state index is 12.3. The van der Waals surface area contributed by atoms with Gasteiger partial charge in [-0.05, 0) is 11.0 Å². The van der Waals surface area contributed by atoms with Crippen LogP contribution in [0.5, 0.6) is 0 Å². The highest BCUT2D eigenvalue weighted by atomic mass is 35.5. The molecule has 0 unspecified atom stereocenters. The molecule has 0 spiro atoms. The van der Waals surface area contributed by atoms with Crippen molar-refractivity contribution < 1.29 is 4.79 Å². The van der Waals surface area contributed by atoms with Crippen LogP contribution in [0.1, 0.15) is 38.7 Å². The summed E-state index contributed by atoms with van der Waals surface area (Å²) >= 11 is 0.